The topological polar surface area (TPSA) is 64.3 Å². The summed E-state index contributed by atoms with van der Waals surface area (Å²) in [6.45, 7) is 7.48. The number of amides is 1. The monoisotopic (exact) mass is 250 g/mol. The first-order valence-electron chi connectivity index (χ1n) is 6.22. The van der Waals surface area contributed by atoms with Crippen LogP contribution in [0.25, 0.3) is 0 Å². The SMILES string of the molecule is Cc1cc(C)c(OCCNC(=O)CCN)c(C)c1. The highest BCUT2D eigenvalue weighted by Crippen LogP contribution is 2.24. The van der Waals surface area contributed by atoms with E-state index in [1.807, 2.05) is 13.8 Å². The highest BCUT2D eigenvalue weighted by molar-refractivity contribution is 5.75. The Bertz CT molecular complexity index is 393. The Morgan fingerprint density at radius 2 is 1.89 bits per heavy atom. The van der Waals surface area contributed by atoms with E-state index in [0.29, 0.717) is 26.1 Å². The maximum Gasteiger partial charge on any atom is 0.221 e. The molecule has 0 aromatic heterocycles. The molecular formula is C14H22N2O2. The number of rotatable bonds is 6. The van der Waals surface area contributed by atoms with Crippen LogP contribution < -0.4 is 15.8 Å². The summed E-state index contributed by atoms with van der Waals surface area (Å²) in [5.74, 6) is 0.882. The summed E-state index contributed by atoms with van der Waals surface area (Å²) in [5, 5.41) is 2.76. The summed E-state index contributed by atoms with van der Waals surface area (Å²) in [6.07, 6.45) is 0.364. The molecule has 18 heavy (non-hydrogen) atoms. The molecule has 1 rings (SSSR count). The van der Waals surface area contributed by atoms with E-state index in [2.05, 4.69) is 24.4 Å². The van der Waals surface area contributed by atoms with Gasteiger partial charge in [0.2, 0.25) is 5.91 Å². The van der Waals surface area contributed by atoms with Crippen molar-refractivity contribution >= 4 is 5.91 Å². The van der Waals surface area contributed by atoms with E-state index in [1.165, 1.54) is 5.56 Å². The number of aryl methyl sites for hydroxylation is 3. The van der Waals surface area contributed by atoms with Crippen molar-refractivity contribution in [2.45, 2.75) is 27.2 Å². The van der Waals surface area contributed by atoms with Gasteiger partial charge in [-0.05, 0) is 31.9 Å². The van der Waals surface area contributed by atoms with Crippen molar-refractivity contribution in [1.82, 2.24) is 5.32 Å². The van der Waals surface area contributed by atoms with Crippen LogP contribution in [-0.4, -0.2) is 25.6 Å². The van der Waals surface area contributed by atoms with Crippen LogP contribution in [0.1, 0.15) is 23.1 Å². The van der Waals surface area contributed by atoms with Crippen molar-refractivity contribution in [1.29, 1.82) is 0 Å². The van der Waals surface area contributed by atoms with Crippen molar-refractivity contribution in [3.05, 3.63) is 28.8 Å². The van der Waals surface area contributed by atoms with Crippen molar-refractivity contribution in [3.63, 3.8) is 0 Å². The highest BCUT2D eigenvalue weighted by Gasteiger charge is 2.05. The summed E-state index contributed by atoms with van der Waals surface area (Å²) in [5.41, 5.74) is 8.77. The molecule has 1 amide bonds. The normalized spacial score (nSPS) is 10.2. The number of benzene rings is 1. The molecule has 3 N–H and O–H groups in total. The molecule has 1 aromatic rings. The van der Waals surface area contributed by atoms with Gasteiger partial charge in [-0.1, -0.05) is 17.7 Å². The van der Waals surface area contributed by atoms with Gasteiger partial charge in [-0.25, -0.2) is 0 Å². The lowest BCUT2D eigenvalue weighted by molar-refractivity contribution is -0.120. The molecule has 0 heterocycles. The molecule has 4 nitrogen and oxygen atoms in total. The Morgan fingerprint density at radius 1 is 1.28 bits per heavy atom. The van der Waals surface area contributed by atoms with Crippen LogP contribution in [0.15, 0.2) is 12.1 Å². The zero-order chi connectivity index (χ0) is 13.5. The lowest BCUT2D eigenvalue weighted by Gasteiger charge is -2.13. The van der Waals surface area contributed by atoms with Crippen LogP contribution >= 0.6 is 0 Å². The zero-order valence-electron chi connectivity index (χ0n) is 11.4. The number of hydrogen-bond donors (Lipinski definition) is 2. The van der Waals surface area contributed by atoms with Crippen molar-refractivity contribution in [3.8, 4) is 5.75 Å². The van der Waals surface area contributed by atoms with E-state index in [1.54, 1.807) is 0 Å². The minimum Gasteiger partial charge on any atom is -0.491 e. The van der Waals surface area contributed by atoms with Gasteiger partial charge in [0.25, 0.3) is 0 Å². The Labute approximate surface area is 109 Å². The van der Waals surface area contributed by atoms with Gasteiger partial charge < -0.3 is 15.8 Å². The van der Waals surface area contributed by atoms with Gasteiger partial charge in [-0.3, -0.25) is 4.79 Å². The number of carbonyl (C=O) groups excluding carboxylic acids is 1. The maximum absolute atomic E-state index is 11.2. The van der Waals surface area contributed by atoms with Crippen LogP contribution in [0.2, 0.25) is 0 Å². The molecule has 0 bridgehead atoms. The molecular weight excluding hydrogens is 228 g/mol. The zero-order valence-corrected chi connectivity index (χ0v) is 11.4. The van der Waals surface area contributed by atoms with E-state index in [-0.39, 0.29) is 5.91 Å². The summed E-state index contributed by atoms with van der Waals surface area (Å²) in [6, 6.07) is 4.19. The Hall–Kier alpha value is -1.55. The first kappa shape index (κ1) is 14.5. The smallest absolute Gasteiger partial charge is 0.221 e. The molecule has 0 unspecified atom stereocenters. The molecule has 0 aliphatic carbocycles. The molecule has 0 radical (unpaired) electrons. The average molecular weight is 250 g/mol. The quantitative estimate of drug-likeness (QED) is 0.751. The summed E-state index contributed by atoms with van der Waals surface area (Å²) in [7, 11) is 0. The first-order chi connectivity index (χ1) is 8.54. The highest BCUT2D eigenvalue weighted by atomic mass is 16.5. The minimum atomic E-state index is -0.0292. The molecule has 0 spiro atoms. The van der Waals surface area contributed by atoms with Crippen LogP contribution in [0.4, 0.5) is 0 Å². The van der Waals surface area contributed by atoms with Gasteiger partial charge in [0.15, 0.2) is 0 Å². The van der Waals surface area contributed by atoms with Crippen LogP contribution in [0.5, 0.6) is 5.75 Å². The van der Waals surface area contributed by atoms with Crippen molar-refractivity contribution in [2.75, 3.05) is 19.7 Å². The predicted octanol–water partition coefficient (Wildman–Crippen LogP) is 1.46. The van der Waals surface area contributed by atoms with Crippen molar-refractivity contribution in [2.24, 2.45) is 5.73 Å². The second kappa shape index (κ2) is 7.01. The predicted molar refractivity (Wildman–Crippen MR) is 72.8 cm³/mol. The molecule has 0 atom stereocenters. The van der Waals surface area contributed by atoms with Gasteiger partial charge in [0.05, 0.1) is 6.54 Å². The van der Waals surface area contributed by atoms with E-state index in [4.69, 9.17) is 10.5 Å². The molecule has 100 valence electrons. The van der Waals surface area contributed by atoms with Gasteiger partial charge in [-0.2, -0.15) is 0 Å². The van der Waals surface area contributed by atoms with E-state index < -0.39 is 0 Å². The Kier molecular flexibility index (Phi) is 5.65. The fourth-order valence-electron chi connectivity index (χ4n) is 1.96. The number of carbonyl (C=O) groups is 1. The molecule has 0 saturated heterocycles. The number of ether oxygens (including phenoxy) is 1. The minimum absolute atomic E-state index is 0.0292. The van der Waals surface area contributed by atoms with Crippen LogP contribution in [0, 0.1) is 20.8 Å². The van der Waals surface area contributed by atoms with Gasteiger partial charge in [-0.15, -0.1) is 0 Å². The molecule has 4 heteroatoms. The Balaban J connectivity index is 2.42. The molecule has 0 saturated carbocycles. The second-order valence-electron chi connectivity index (χ2n) is 4.46. The molecule has 0 fully saturated rings. The van der Waals surface area contributed by atoms with Crippen LogP contribution in [0.3, 0.4) is 0 Å². The number of hydrogen-bond acceptors (Lipinski definition) is 3. The maximum atomic E-state index is 11.2. The lowest BCUT2D eigenvalue weighted by atomic mass is 10.1. The summed E-state index contributed by atoms with van der Waals surface area (Å²) >= 11 is 0. The van der Waals surface area contributed by atoms with Gasteiger partial charge >= 0.3 is 0 Å². The molecule has 0 aliphatic heterocycles. The standard InChI is InChI=1S/C14H22N2O2/c1-10-8-11(2)14(12(3)9-10)18-7-6-16-13(17)4-5-15/h8-9H,4-7,15H2,1-3H3,(H,16,17). The number of nitrogens with one attached hydrogen (secondary N) is 1. The lowest BCUT2D eigenvalue weighted by Crippen LogP contribution is -2.29. The second-order valence-corrected chi connectivity index (χ2v) is 4.46. The van der Waals surface area contributed by atoms with E-state index in [0.717, 1.165) is 16.9 Å². The van der Waals surface area contributed by atoms with E-state index >= 15 is 0 Å². The van der Waals surface area contributed by atoms with Crippen LogP contribution in [-0.2, 0) is 4.79 Å². The number of nitrogens with two attached hydrogens (primary N) is 1. The van der Waals surface area contributed by atoms with Gasteiger partial charge in [0.1, 0.15) is 12.4 Å². The first-order valence-corrected chi connectivity index (χ1v) is 6.22. The third kappa shape index (κ3) is 4.37. The molecule has 0 aliphatic rings. The fourth-order valence-corrected chi connectivity index (χ4v) is 1.96. The van der Waals surface area contributed by atoms with Crippen molar-refractivity contribution < 1.29 is 9.53 Å². The summed E-state index contributed by atoms with van der Waals surface area (Å²) < 4.78 is 5.71. The molecule has 1 aromatic carbocycles. The third-order valence-corrected chi connectivity index (χ3v) is 2.65. The van der Waals surface area contributed by atoms with Gasteiger partial charge in [0, 0.05) is 13.0 Å². The largest absolute Gasteiger partial charge is 0.491 e. The third-order valence-electron chi connectivity index (χ3n) is 2.65. The van der Waals surface area contributed by atoms with E-state index in [9.17, 15) is 4.79 Å². The fraction of sp³-hybridized carbons (Fsp3) is 0.500. The summed E-state index contributed by atoms with van der Waals surface area (Å²) in [4.78, 5) is 11.2. The average Bonchev–Trinajstić information content (AvgIpc) is 2.27. The Morgan fingerprint density at radius 3 is 2.44 bits per heavy atom.